The third kappa shape index (κ3) is 4.03. The molecule has 3 rings (SSSR count). The minimum atomic E-state index is -3.43. The van der Waals surface area contributed by atoms with Crippen LogP contribution in [0.5, 0.6) is 0 Å². The lowest BCUT2D eigenvalue weighted by molar-refractivity contribution is -0.134. The van der Waals surface area contributed by atoms with Crippen molar-refractivity contribution >= 4 is 27.7 Å². The topological polar surface area (TPSA) is 85.0 Å². The summed E-state index contributed by atoms with van der Waals surface area (Å²) in [7, 11) is -0.403. The smallest absolute Gasteiger partial charge is 0.281 e. The number of carbonyl (C=O) groups excluding carboxylic acids is 1. The second-order valence-corrected chi connectivity index (χ2v) is 9.27. The molecular weight excluding hydrogens is 378 g/mol. The molecule has 2 N–H and O–H groups in total. The van der Waals surface area contributed by atoms with Gasteiger partial charge in [-0.05, 0) is 24.1 Å². The molecule has 2 fully saturated rings. The SMILES string of the molecule is CN(C)S(=O)(=O)N1CCN(C(=O)C2CC(c3ccc(Cl)cc3)NN2)CC1. The zero-order valence-electron chi connectivity index (χ0n) is 14.9. The van der Waals surface area contributed by atoms with E-state index in [0.29, 0.717) is 37.6 Å². The molecule has 26 heavy (non-hydrogen) atoms. The normalized spacial score (nSPS) is 25.0. The number of hydrogen-bond acceptors (Lipinski definition) is 5. The van der Waals surface area contributed by atoms with Crippen molar-refractivity contribution in [1.82, 2.24) is 24.4 Å². The van der Waals surface area contributed by atoms with Crippen molar-refractivity contribution in [3.8, 4) is 0 Å². The molecule has 2 saturated heterocycles. The highest BCUT2D eigenvalue weighted by molar-refractivity contribution is 7.86. The summed E-state index contributed by atoms with van der Waals surface area (Å²) in [4.78, 5) is 14.5. The van der Waals surface area contributed by atoms with Crippen molar-refractivity contribution in [1.29, 1.82) is 0 Å². The quantitative estimate of drug-likeness (QED) is 0.752. The van der Waals surface area contributed by atoms with Crippen molar-refractivity contribution in [2.45, 2.75) is 18.5 Å². The minimum absolute atomic E-state index is 0.00383. The fourth-order valence-corrected chi connectivity index (χ4v) is 4.43. The van der Waals surface area contributed by atoms with Gasteiger partial charge in [0.2, 0.25) is 5.91 Å². The fraction of sp³-hybridized carbons (Fsp3) is 0.562. The second kappa shape index (κ2) is 7.79. The number of hydrazine groups is 1. The molecule has 2 unspecified atom stereocenters. The van der Waals surface area contributed by atoms with Gasteiger partial charge < -0.3 is 4.90 Å². The van der Waals surface area contributed by atoms with E-state index in [9.17, 15) is 13.2 Å². The van der Waals surface area contributed by atoms with Crippen molar-refractivity contribution in [3.63, 3.8) is 0 Å². The van der Waals surface area contributed by atoms with Crippen LogP contribution in [0.1, 0.15) is 18.0 Å². The summed E-state index contributed by atoms with van der Waals surface area (Å²) in [6.07, 6.45) is 0.636. The van der Waals surface area contributed by atoms with Crippen molar-refractivity contribution in [3.05, 3.63) is 34.9 Å². The molecule has 0 aliphatic carbocycles. The number of benzene rings is 1. The molecule has 0 saturated carbocycles. The molecule has 2 aliphatic heterocycles. The Labute approximate surface area is 159 Å². The van der Waals surface area contributed by atoms with Crippen LogP contribution < -0.4 is 10.9 Å². The molecule has 8 nitrogen and oxygen atoms in total. The molecule has 1 aromatic carbocycles. The van der Waals surface area contributed by atoms with Crippen LogP contribution in [0.15, 0.2) is 24.3 Å². The standard InChI is InChI=1S/C16H24ClN5O3S/c1-20(2)26(24,25)22-9-7-21(8-10-22)16(23)15-11-14(18-19-15)12-3-5-13(17)6-4-12/h3-6,14-15,18-19H,7-11H2,1-2H3. The van der Waals surface area contributed by atoms with E-state index in [1.165, 1.54) is 22.7 Å². The lowest BCUT2D eigenvalue weighted by Crippen LogP contribution is -2.56. The van der Waals surface area contributed by atoms with Crippen LogP contribution in [0.2, 0.25) is 5.02 Å². The van der Waals surface area contributed by atoms with E-state index in [0.717, 1.165) is 5.56 Å². The van der Waals surface area contributed by atoms with Crippen LogP contribution in [0.25, 0.3) is 0 Å². The van der Waals surface area contributed by atoms with Gasteiger partial charge in [-0.1, -0.05) is 23.7 Å². The summed E-state index contributed by atoms with van der Waals surface area (Å²) >= 11 is 5.92. The molecule has 1 amide bonds. The van der Waals surface area contributed by atoms with E-state index < -0.39 is 10.2 Å². The van der Waals surface area contributed by atoms with E-state index in [-0.39, 0.29) is 18.0 Å². The maximum atomic E-state index is 12.7. The molecule has 2 atom stereocenters. The molecule has 144 valence electrons. The Balaban J connectivity index is 1.55. The molecule has 0 spiro atoms. The predicted molar refractivity (Wildman–Crippen MR) is 99.6 cm³/mol. The molecule has 2 aliphatic rings. The molecule has 10 heteroatoms. The highest BCUT2D eigenvalue weighted by Crippen LogP contribution is 2.24. The van der Waals surface area contributed by atoms with Crippen LogP contribution in [0.3, 0.4) is 0 Å². The van der Waals surface area contributed by atoms with Crippen LogP contribution in [-0.4, -0.2) is 74.2 Å². The van der Waals surface area contributed by atoms with Crippen LogP contribution in [0, 0.1) is 0 Å². The summed E-state index contributed by atoms with van der Waals surface area (Å²) in [5.41, 5.74) is 7.29. The van der Waals surface area contributed by atoms with Gasteiger partial charge in [-0.2, -0.15) is 17.0 Å². The van der Waals surface area contributed by atoms with Gasteiger partial charge in [0.1, 0.15) is 6.04 Å². The maximum absolute atomic E-state index is 12.7. The Morgan fingerprint density at radius 3 is 2.31 bits per heavy atom. The van der Waals surface area contributed by atoms with Gasteiger partial charge in [-0.15, -0.1) is 0 Å². The first kappa shape index (κ1) is 19.5. The average Bonchev–Trinajstić information content (AvgIpc) is 3.11. The van der Waals surface area contributed by atoms with E-state index in [4.69, 9.17) is 11.6 Å². The van der Waals surface area contributed by atoms with Crippen molar-refractivity contribution < 1.29 is 13.2 Å². The Kier molecular flexibility index (Phi) is 5.85. The van der Waals surface area contributed by atoms with Crippen LogP contribution in [-0.2, 0) is 15.0 Å². The van der Waals surface area contributed by atoms with Gasteiger partial charge >= 0.3 is 0 Å². The zero-order chi connectivity index (χ0) is 18.9. The lowest BCUT2D eigenvalue weighted by atomic mass is 10.0. The van der Waals surface area contributed by atoms with Crippen LogP contribution in [0.4, 0.5) is 0 Å². The Hall–Kier alpha value is -1.23. The molecule has 0 aromatic heterocycles. The molecular formula is C16H24ClN5O3S. The lowest BCUT2D eigenvalue weighted by Gasteiger charge is -2.36. The van der Waals surface area contributed by atoms with Gasteiger partial charge in [0, 0.05) is 51.3 Å². The number of carbonyl (C=O) groups is 1. The largest absolute Gasteiger partial charge is 0.339 e. The predicted octanol–water partition coefficient (Wildman–Crippen LogP) is 0.198. The molecule has 1 aromatic rings. The van der Waals surface area contributed by atoms with E-state index in [1.54, 1.807) is 4.90 Å². The molecule has 0 bridgehead atoms. The van der Waals surface area contributed by atoms with Gasteiger partial charge in [0.25, 0.3) is 10.2 Å². The number of halogens is 1. The minimum Gasteiger partial charge on any atom is -0.339 e. The Morgan fingerprint density at radius 1 is 1.12 bits per heavy atom. The third-order valence-electron chi connectivity index (χ3n) is 4.81. The Morgan fingerprint density at radius 2 is 1.73 bits per heavy atom. The average molecular weight is 402 g/mol. The van der Waals surface area contributed by atoms with Gasteiger partial charge in [-0.3, -0.25) is 4.79 Å². The summed E-state index contributed by atoms with van der Waals surface area (Å²) in [5.74, 6) is -0.00383. The first-order chi connectivity index (χ1) is 12.3. The number of amides is 1. The monoisotopic (exact) mass is 401 g/mol. The van der Waals surface area contributed by atoms with Gasteiger partial charge in [0.05, 0.1) is 0 Å². The molecule has 0 radical (unpaired) electrons. The Bertz CT molecular complexity index is 748. The summed E-state index contributed by atoms with van der Waals surface area (Å²) < 4.78 is 26.9. The number of piperazine rings is 1. The highest BCUT2D eigenvalue weighted by Gasteiger charge is 2.36. The summed E-state index contributed by atoms with van der Waals surface area (Å²) in [5, 5.41) is 0.679. The van der Waals surface area contributed by atoms with Gasteiger partial charge in [-0.25, -0.2) is 10.9 Å². The van der Waals surface area contributed by atoms with E-state index in [2.05, 4.69) is 10.9 Å². The number of rotatable bonds is 4. The van der Waals surface area contributed by atoms with E-state index in [1.807, 2.05) is 24.3 Å². The highest BCUT2D eigenvalue weighted by atomic mass is 35.5. The summed E-state index contributed by atoms with van der Waals surface area (Å²) in [6, 6.07) is 7.26. The second-order valence-electron chi connectivity index (χ2n) is 6.70. The molecule has 2 heterocycles. The zero-order valence-corrected chi connectivity index (χ0v) is 16.4. The maximum Gasteiger partial charge on any atom is 0.281 e. The van der Waals surface area contributed by atoms with Crippen molar-refractivity contribution in [2.24, 2.45) is 0 Å². The first-order valence-corrected chi connectivity index (χ1v) is 10.3. The van der Waals surface area contributed by atoms with Gasteiger partial charge in [0.15, 0.2) is 0 Å². The first-order valence-electron chi connectivity index (χ1n) is 8.52. The number of nitrogens with one attached hydrogen (secondary N) is 2. The van der Waals surface area contributed by atoms with E-state index >= 15 is 0 Å². The van der Waals surface area contributed by atoms with Crippen LogP contribution >= 0.6 is 11.6 Å². The number of nitrogens with zero attached hydrogens (tertiary/aromatic N) is 3. The third-order valence-corrected chi connectivity index (χ3v) is 7.00. The summed E-state index contributed by atoms with van der Waals surface area (Å²) in [6.45, 7) is 1.42. The van der Waals surface area contributed by atoms with Crippen molar-refractivity contribution in [2.75, 3.05) is 40.3 Å². The number of hydrogen-bond donors (Lipinski definition) is 2. The fourth-order valence-electron chi connectivity index (χ4n) is 3.22.